The van der Waals surface area contributed by atoms with E-state index in [0.29, 0.717) is 23.1 Å². The molecule has 2 aromatic carbocycles. The lowest BCUT2D eigenvalue weighted by atomic mass is 10.1. The van der Waals surface area contributed by atoms with Crippen molar-refractivity contribution in [2.45, 2.75) is 18.5 Å². The fraction of sp³-hybridized carbons (Fsp3) is 0.235. The summed E-state index contributed by atoms with van der Waals surface area (Å²) < 4.78 is 49.8. The minimum absolute atomic E-state index is 0.0162. The van der Waals surface area contributed by atoms with Crippen molar-refractivity contribution in [2.24, 2.45) is 10.7 Å². The number of amidine groups is 1. The summed E-state index contributed by atoms with van der Waals surface area (Å²) >= 11 is 7.20. The van der Waals surface area contributed by atoms with Crippen LogP contribution in [0.2, 0.25) is 5.02 Å². The van der Waals surface area contributed by atoms with Crippen molar-refractivity contribution in [3.63, 3.8) is 0 Å². The summed E-state index contributed by atoms with van der Waals surface area (Å²) in [7, 11) is 0. The molecule has 2 N–H and O–H groups in total. The molecule has 0 saturated carbocycles. The number of hydrogen-bond donors (Lipinski definition) is 1. The summed E-state index contributed by atoms with van der Waals surface area (Å²) in [5.41, 5.74) is 6.38. The number of halogens is 4. The largest absolute Gasteiger partial charge is 0.467 e. The van der Waals surface area contributed by atoms with E-state index in [1.807, 2.05) is 0 Å². The summed E-state index contributed by atoms with van der Waals surface area (Å²) in [6.07, 6.45) is -4.50. The minimum atomic E-state index is -4.50. The molecule has 3 rings (SSSR count). The highest BCUT2D eigenvalue weighted by Crippen LogP contribution is 2.37. The first-order valence-corrected chi connectivity index (χ1v) is 8.86. The molecule has 0 bridgehead atoms. The first-order valence-electron chi connectivity index (χ1n) is 7.49. The van der Waals surface area contributed by atoms with Crippen LogP contribution in [0.25, 0.3) is 0 Å². The second kappa shape index (κ2) is 7.77. The molecule has 0 radical (unpaired) electrons. The van der Waals surface area contributed by atoms with Crippen molar-refractivity contribution < 1.29 is 22.6 Å². The Hall–Kier alpha value is -1.90. The fourth-order valence-electron chi connectivity index (χ4n) is 2.48. The highest BCUT2D eigenvalue weighted by molar-refractivity contribution is 8.13. The quantitative estimate of drug-likeness (QED) is 0.573. The van der Waals surface area contributed by atoms with Crippen molar-refractivity contribution >= 4 is 34.2 Å². The van der Waals surface area contributed by atoms with Crippen LogP contribution in [-0.2, 0) is 23.3 Å². The first kappa shape index (κ1) is 18.9. The van der Waals surface area contributed by atoms with Gasteiger partial charge in [0, 0.05) is 21.9 Å². The smallest absolute Gasteiger partial charge is 0.418 e. The van der Waals surface area contributed by atoms with E-state index in [2.05, 4.69) is 4.99 Å². The predicted octanol–water partition coefficient (Wildman–Crippen LogP) is 5.10. The number of alkyl halides is 3. The Kier molecular flexibility index (Phi) is 5.64. The Morgan fingerprint density at radius 2 is 2.04 bits per heavy atom. The molecule has 0 amide bonds. The van der Waals surface area contributed by atoms with E-state index in [-0.39, 0.29) is 17.6 Å². The zero-order valence-corrected chi connectivity index (χ0v) is 14.9. The van der Waals surface area contributed by atoms with Crippen molar-refractivity contribution in [1.29, 1.82) is 0 Å². The van der Waals surface area contributed by atoms with E-state index in [1.165, 1.54) is 18.2 Å². The van der Waals surface area contributed by atoms with Crippen LogP contribution < -0.4 is 10.5 Å². The number of nitrogens with two attached hydrogens (primary N) is 1. The molecule has 0 saturated heterocycles. The van der Waals surface area contributed by atoms with Crippen LogP contribution in [0.5, 0.6) is 5.75 Å². The number of fused-ring (bicyclic) bond motifs is 1. The number of thioether (sulfide) groups is 1. The molecule has 1 aliphatic rings. The lowest BCUT2D eigenvalue weighted by Crippen LogP contribution is -2.13. The van der Waals surface area contributed by atoms with E-state index in [1.54, 1.807) is 12.1 Å². The van der Waals surface area contributed by atoms with Gasteiger partial charge in [-0.2, -0.15) is 13.2 Å². The molecule has 1 heterocycles. The van der Waals surface area contributed by atoms with Gasteiger partial charge in [0.05, 0.1) is 17.9 Å². The number of aliphatic imine (C=N–C) groups is 1. The van der Waals surface area contributed by atoms with Crippen molar-refractivity contribution in [2.75, 3.05) is 6.79 Å². The second-order valence-corrected chi connectivity index (χ2v) is 6.85. The average molecular weight is 403 g/mol. The molecular weight excluding hydrogens is 389 g/mol. The van der Waals surface area contributed by atoms with Crippen molar-refractivity contribution in [1.82, 2.24) is 0 Å². The summed E-state index contributed by atoms with van der Waals surface area (Å²) in [6.45, 7) is 0.519. The summed E-state index contributed by atoms with van der Waals surface area (Å²) in [5, 5.41) is 0.536. The third-order valence-electron chi connectivity index (χ3n) is 3.57. The van der Waals surface area contributed by atoms with Crippen molar-refractivity contribution in [3.05, 3.63) is 58.1 Å². The molecule has 0 atom stereocenters. The molecule has 1 aliphatic heterocycles. The third-order valence-corrected chi connectivity index (χ3v) is 4.63. The SMILES string of the molecule is NC(=Nc1ccccc1C(F)(F)F)SCc1cc(Cl)cc2c1OCOC2. The average Bonchev–Trinajstić information content (AvgIpc) is 2.59. The van der Waals surface area contributed by atoms with Gasteiger partial charge in [0.15, 0.2) is 12.0 Å². The van der Waals surface area contributed by atoms with Crippen LogP contribution in [0.15, 0.2) is 41.4 Å². The van der Waals surface area contributed by atoms with Crippen LogP contribution >= 0.6 is 23.4 Å². The molecular formula is C17H14ClF3N2O2S. The number of rotatable bonds is 3. The second-order valence-electron chi connectivity index (χ2n) is 5.42. The fourth-order valence-corrected chi connectivity index (χ4v) is 3.42. The molecule has 0 fully saturated rings. The van der Waals surface area contributed by atoms with Crippen LogP contribution in [0.1, 0.15) is 16.7 Å². The van der Waals surface area contributed by atoms with Crippen LogP contribution in [0, 0.1) is 0 Å². The molecule has 0 spiro atoms. The Bertz CT molecular complexity index is 843. The predicted molar refractivity (Wildman–Crippen MR) is 95.8 cm³/mol. The summed E-state index contributed by atoms with van der Waals surface area (Å²) in [4.78, 5) is 3.91. The van der Waals surface area contributed by atoms with Gasteiger partial charge >= 0.3 is 6.18 Å². The van der Waals surface area contributed by atoms with Gasteiger partial charge in [-0.25, -0.2) is 4.99 Å². The number of nitrogens with zero attached hydrogens (tertiary/aromatic N) is 1. The molecule has 0 unspecified atom stereocenters. The van der Waals surface area contributed by atoms with Gasteiger partial charge in [-0.05, 0) is 24.3 Å². The van der Waals surface area contributed by atoms with Crippen molar-refractivity contribution in [3.8, 4) is 5.75 Å². The summed E-state index contributed by atoms with van der Waals surface area (Å²) in [6, 6.07) is 8.52. The molecule has 0 aliphatic carbocycles. The van der Waals surface area contributed by atoms with Gasteiger partial charge in [-0.15, -0.1) is 0 Å². The van der Waals surface area contributed by atoms with E-state index < -0.39 is 11.7 Å². The zero-order chi connectivity index (χ0) is 18.7. The maximum Gasteiger partial charge on any atom is 0.418 e. The maximum atomic E-state index is 13.0. The van der Waals surface area contributed by atoms with Gasteiger partial charge < -0.3 is 15.2 Å². The lowest BCUT2D eigenvalue weighted by molar-refractivity contribution is -0.137. The number of hydrogen-bond acceptors (Lipinski definition) is 4. The zero-order valence-electron chi connectivity index (χ0n) is 13.3. The molecule has 9 heteroatoms. The van der Waals surface area contributed by atoms with Gasteiger partial charge in [0.25, 0.3) is 0 Å². The van der Waals surface area contributed by atoms with Crippen LogP contribution in [-0.4, -0.2) is 12.0 Å². The Morgan fingerprint density at radius 1 is 1.27 bits per heavy atom. The minimum Gasteiger partial charge on any atom is -0.467 e. The Balaban J connectivity index is 1.79. The van der Waals surface area contributed by atoms with E-state index in [4.69, 9.17) is 26.8 Å². The molecule has 0 aromatic heterocycles. The molecule has 4 nitrogen and oxygen atoms in total. The highest BCUT2D eigenvalue weighted by Gasteiger charge is 2.33. The molecule has 2 aromatic rings. The number of para-hydroxylation sites is 1. The van der Waals surface area contributed by atoms with Gasteiger partial charge in [0.2, 0.25) is 0 Å². The standard InChI is InChI=1S/C17H14ClF3N2O2S/c18-12-5-10-7-24-9-25-15(10)11(6-12)8-26-16(22)23-14-4-2-1-3-13(14)17(19,20)21/h1-6H,7-9H2,(H2,22,23). The van der Waals surface area contributed by atoms with Gasteiger partial charge in [-0.3, -0.25) is 0 Å². The number of benzene rings is 2. The molecule has 138 valence electrons. The van der Waals surface area contributed by atoms with E-state index in [0.717, 1.165) is 29.0 Å². The first-order chi connectivity index (χ1) is 12.3. The number of ether oxygens (including phenoxy) is 2. The topological polar surface area (TPSA) is 56.8 Å². The monoisotopic (exact) mass is 402 g/mol. The normalized spacial score (nSPS) is 14.7. The van der Waals surface area contributed by atoms with Gasteiger partial charge in [0.1, 0.15) is 5.75 Å². The Morgan fingerprint density at radius 3 is 2.81 bits per heavy atom. The van der Waals surface area contributed by atoms with E-state index in [9.17, 15) is 13.2 Å². The third kappa shape index (κ3) is 4.44. The van der Waals surface area contributed by atoms with Gasteiger partial charge in [-0.1, -0.05) is 35.5 Å². The van der Waals surface area contributed by atoms with Crippen LogP contribution in [0.3, 0.4) is 0 Å². The molecule has 26 heavy (non-hydrogen) atoms. The maximum absolute atomic E-state index is 13.0. The van der Waals surface area contributed by atoms with E-state index >= 15 is 0 Å². The highest BCUT2D eigenvalue weighted by atomic mass is 35.5. The lowest BCUT2D eigenvalue weighted by Gasteiger charge is -2.21. The summed E-state index contributed by atoms with van der Waals surface area (Å²) in [5.74, 6) is 1.02. The van der Waals surface area contributed by atoms with Crippen LogP contribution in [0.4, 0.5) is 18.9 Å². The Labute approximate surface area is 157 Å².